The summed E-state index contributed by atoms with van der Waals surface area (Å²) >= 11 is 0. The minimum absolute atomic E-state index is 0.111. The number of aryl methyl sites for hydroxylation is 1. The van der Waals surface area contributed by atoms with Gasteiger partial charge in [-0.3, -0.25) is 5.41 Å². The Balaban J connectivity index is 2.20. The van der Waals surface area contributed by atoms with E-state index in [9.17, 15) is 0 Å². The molecule has 3 heteroatoms. The predicted molar refractivity (Wildman–Crippen MR) is 80.7 cm³/mol. The fourth-order valence-electron chi connectivity index (χ4n) is 2.19. The topological polar surface area (TPSA) is 53.1 Å². The second-order valence-corrected chi connectivity index (χ2v) is 4.76. The van der Waals surface area contributed by atoms with Crippen LogP contribution in [0.5, 0.6) is 0 Å². The van der Waals surface area contributed by atoms with E-state index in [2.05, 4.69) is 36.2 Å². The number of nitrogens with one attached hydrogen (secondary N) is 1. The zero-order chi connectivity index (χ0) is 13.8. The number of nitrogens with two attached hydrogens (primary N) is 1. The van der Waals surface area contributed by atoms with Gasteiger partial charge in [0.05, 0.1) is 0 Å². The van der Waals surface area contributed by atoms with E-state index in [-0.39, 0.29) is 5.84 Å². The van der Waals surface area contributed by atoms with Gasteiger partial charge in [-0.05, 0) is 36.2 Å². The summed E-state index contributed by atoms with van der Waals surface area (Å²) in [4.78, 5) is 2.20. The Kier molecular flexibility index (Phi) is 3.85. The fourth-order valence-corrected chi connectivity index (χ4v) is 2.19. The Hall–Kier alpha value is -2.29. The number of amidine groups is 1. The first-order chi connectivity index (χ1) is 9.08. The van der Waals surface area contributed by atoms with E-state index in [0.29, 0.717) is 0 Å². The van der Waals surface area contributed by atoms with Crippen LogP contribution in [-0.2, 0) is 6.54 Å². The highest BCUT2D eigenvalue weighted by molar-refractivity contribution is 5.95. The lowest BCUT2D eigenvalue weighted by atomic mass is 10.1. The van der Waals surface area contributed by atoms with Gasteiger partial charge in [-0.2, -0.15) is 0 Å². The maximum Gasteiger partial charge on any atom is 0.122 e. The average molecular weight is 253 g/mol. The number of nitrogen functional groups attached to an aromatic ring is 1. The van der Waals surface area contributed by atoms with Gasteiger partial charge in [0.2, 0.25) is 0 Å². The molecule has 0 atom stereocenters. The predicted octanol–water partition coefficient (Wildman–Crippen LogP) is 2.92. The average Bonchev–Trinajstić information content (AvgIpc) is 2.39. The maximum absolute atomic E-state index is 7.45. The monoisotopic (exact) mass is 253 g/mol. The molecule has 3 nitrogen and oxygen atoms in total. The van der Waals surface area contributed by atoms with Crippen molar-refractivity contribution >= 4 is 11.5 Å². The molecule has 0 spiro atoms. The van der Waals surface area contributed by atoms with Crippen molar-refractivity contribution in [1.82, 2.24) is 0 Å². The zero-order valence-electron chi connectivity index (χ0n) is 11.4. The smallest absolute Gasteiger partial charge is 0.122 e. The number of anilines is 1. The van der Waals surface area contributed by atoms with E-state index >= 15 is 0 Å². The van der Waals surface area contributed by atoms with Crippen LogP contribution in [0.25, 0.3) is 0 Å². The Bertz CT molecular complexity index is 576. The summed E-state index contributed by atoms with van der Waals surface area (Å²) in [7, 11) is 2.07. The van der Waals surface area contributed by atoms with Gasteiger partial charge in [-0.15, -0.1) is 0 Å². The highest BCUT2D eigenvalue weighted by Crippen LogP contribution is 2.21. The van der Waals surface area contributed by atoms with Crippen molar-refractivity contribution in [3.05, 3.63) is 65.2 Å². The summed E-state index contributed by atoms with van der Waals surface area (Å²) in [6.45, 7) is 2.91. The largest absolute Gasteiger partial charge is 0.384 e. The van der Waals surface area contributed by atoms with Crippen LogP contribution in [0.1, 0.15) is 16.7 Å². The number of nitrogens with zero attached hydrogens (tertiary/aromatic N) is 1. The van der Waals surface area contributed by atoms with Crippen LogP contribution in [0.4, 0.5) is 5.69 Å². The summed E-state index contributed by atoms with van der Waals surface area (Å²) in [5, 5.41) is 7.45. The van der Waals surface area contributed by atoms with Gasteiger partial charge in [0.25, 0.3) is 0 Å². The lowest BCUT2D eigenvalue weighted by molar-refractivity contribution is 0.917. The first-order valence-electron chi connectivity index (χ1n) is 6.28. The van der Waals surface area contributed by atoms with Gasteiger partial charge in [-0.1, -0.05) is 30.3 Å². The molecule has 0 aliphatic heterocycles. The molecular formula is C16H19N3. The molecule has 0 aliphatic carbocycles. The molecule has 0 aliphatic rings. The fraction of sp³-hybridized carbons (Fsp3) is 0.188. The van der Waals surface area contributed by atoms with Crippen LogP contribution >= 0.6 is 0 Å². The number of rotatable bonds is 4. The lowest BCUT2D eigenvalue weighted by Gasteiger charge is -2.22. The van der Waals surface area contributed by atoms with Crippen LogP contribution < -0.4 is 10.6 Å². The number of hydrogen-bond donors (Lipinski definition) is 2. The molecule has 0 fully saturated rings. The van der Waals surface area contributed by atoms with E-state index in [0.717, 1.165) is 23.4 Å². The number of hydrogen-bond acceptors (Lipinski definition) is 2. The summed E-state index contributed by atoms with van der Waals surface area (Å²) < 4.78 is 0. The third-order valence-electron chi connectivity index (χ3n) is 3.18. The molecule has 0 radical (unpaired) electrons. The zero-order valence-corrected chi connectivity index (χ0v) is 11.4. The molecule has 2 aromatic carbocycles. The van der Waals surface area contributed by atoms with Crippen molar-refractivity contribution in [2.45, 2.75) is 13.5 Å². The van der Waals surface area contributed by atoms with Crippen LogP contribution in [0.15, 0.2) is 48.5 Å². The first kappa shape index (κ1) is 13.1. The van der Waals surface area contributed by atoms with Gasteiger partial charge in [0.15, 0.2) is 0 Å². The van der Waals surface area contributed by atoms with Crippen molar-refractivity contribution in [2.75, 3.05) is 11.9 Å². The molecule has 98 valence electrons. The van der Waals surface area contributed by atoms with Gasteiger partial charge >= 0.3 is 0 Å². The molecule has 0 heterocycles. The summed E-state index contributed by atoms with van der Waals surface area (Å²) in [5.41, 5.74) is 9.84. The minimum atomic E-state index is 0.111. The Morgan fingerprint density at radius 3 is 2.42 bits per heavy atom. The van der Waals surface area contributed by atoms with E-state index in [4.69, 9.17) is 11.1 Å². The van der Waals surface area contributed by atoms with Crippen LogP contribution in [0.3, 0.4) is 0 Å². The van der Waals surface area contributed by atoms with Crippen molar-refractivity contribution in [2.24, 2.45) is 5.73 Å². The highest BCUT2D eigenvalue weighted by atomic mass is 15.1. The molecule has 2 rings (SSSR count). The molecule has 19 heavy (non-hydrogen) atoms. The van der Waals surface area contributed by atoms with E-state index < -0.39 is 0 Å². The summed E-state index contributed by atoms with van der Waals surface area (Å²) in [5.74, 6) is 0.111. The standard InChI is InChI=1S/C16H19N3/c1-12-10-14(16(17)18)8-9-15(12)19(2)11-13-6-4-3-5-7-13/h3-10H,11H2,1-2H3,(H3,17,18). The lowest BCUT2D eigenvalue weighted by Crippen LogP contribution is -2.18. The molecule has 2 aromatic rings. The second-order valence-electron chi connectivity index (χ2n) is 4.76. The summed E-state index contributed by atoms with van der Waals surface area (Å²) in [6.07, 6.45) is 0. The Morgan fingerprint density at radius 1 is 1.16 bits per heavy atom. The van der Waals surface area contributed by atoms with Gasteiger partial charge < -0.3 is 10.6 Å². The first-order valence-corrected chi connectivity index (χ1v) is 6.28. The van der Waals surface area contributed by atoms with E-state index in [1.807, 2.05) is 31.2 Å². The Labute approximate surface area is 114 Å². The van der Waals surface area contributed by atoms with Crippen LogP contribution in [0, 0.1) is 12.3 Å². The molecular weight excluding hydrogens is 234 g/mol. The Morgan fingerprint density at radius 2 is 1.84 bits per heavy atom. The third-order valence-corrected chi connectivity index (χ3v) is 3.18. The number of benzene rings is 2. The van der Waals surface area contributed by atoms with Crippen molar-refractivity contribution < 1.29 is 0 Å². The minimum Gasteiger partial charge on any atom is -0.384 e. The van der Waals surface area contributed by atoms with Gasteiger partial charge in [0.1, 0.15) is 5.84 Å². The molecule has 0 saturated carbocycles. The molecule has 0 amide bonds. The molecule has 0 aromatic heterocycles. The van der Waals surface area contributed by atoms with Gasteiger partial charge in [-0.25, -0.2) is 0 Å². The normalized spacial score (nSPS) is 10.2. The SMILES string of the molecule is Cc1cc(C(=N)N)ccc1N(C)Cc1ccccc1. The maximum atomic E-state index is 7.45. The van der Waals surface area contributed by atoms with E-state index in [1.165, 1.54) is 5.56 Å². The molecule has 3 N–H and O–H groups in total. The summed E-state index contributed by atoms with van der Waals surface area (Å²) in [6, 6.07) is 16.2. The van der Waals surface area contributed by atoms with Gasteiger partial charge in [0, 0.05) is 24.8 Å². The quantitative estimate of drug-likeness (QED) is 0.650. The van der Waals surface area contributed by atoms with Crippen LogP contribution in [-0.4, -0.2) is 12.9 Å². The van der Waals surface area contributed by atoms with Crippen LogP contribution in [0.2, 0.25) is 0 Å². The molecule has 0 unspecified atom stereocenters. The molecule has 0 bridgehead atoms. The second kappa shape index (κ2) is 5.57. The molecule has 0 saturated heterocycles. The third kappa shape index (κ3) is 3.13. The van der Waals surface area contributed by atoms with Crippen molar-refractivity contribution in [1.29, 1.82) is 5.41 Å². The highest BCUT2D eigenvalue weighted by Gasteiger charge is 2.07. The van der Waals surface area contributed by atoms with E-state index in [1.54, 1.807) is 0 Å². The van der Waals surface area contributed by atoms with Crippen molar-refractivity contribution in [3.8, 4) is 0 Å². The van der Waals surface area contributed by atoms with Crippen molar-refractivity contribution in [3.63, 3.8) is 0 Å².